The minimum absolute atomic E-state index is 0.0196. The zero-order chi connectivity index (χ0) is 24.4. The Balaban J connectivity index is 1.42. The molecule has 35 heavy (non-hydrogen) atoms. The Hall–Kier alpha value is -2.80. The van der Waals surface area contributed by atoms with E-state index in [1.54, 1.807) is 29.2 Å². The Morgan fingerprint density at radius 3 is 1.94 bits per heavy atom. The van der Waals surface area contributed by atoms with Crippen LogP contribution in [0.4, 0.5) is 8.78 Å². The van der Waals surface area contributed by atoms with Gasteiger partial charge in [-0.1, -0.05) is 37.1 Å². The van der Waals surface area contributed by atoms with Gasteiger partial charge in [-0.3, -0.25) is 9.59 Å². The SMILES string of the molecule is O=C(CN1CCC(c2ccc(F)cc2)(c2ccc(F)cc2)C1=O)N(C1CCCC1)C1CCNCC1. The molecule has 0 atom stereocenters. The summed E-state index contributed by atoms with van der Waals surface area (Å²) in [6.45, 7) is 2.28. The summed E-state index contributed by atoms with van der Waals surface area (Å²) in [5.74, 6) is -0.920. The van der Waals surface area contributed by atoms with E-state index in [2.05, 4.69) is 10.2 Å². The van der Waals surface area contributed by atoms with Gasteiger partial charge in [0.1, 0.15) is 17.0 Å². The first-order valence-corrected chi connectivity index (χ1v) is 12.8. The van der Waals surface area contributed by atoms with Crippen molar-refractivity contribution in [3.63, 3.8) is 0 Å². The van der Waals surface area contributed by atoms with Crippen LogP contribution in [0, 0.1) is 11.6 Å². The molecule has 0 unspecified atom stereocenters. The number of carbonyl (C=O) groups is 2. The number of likely N-dealkylation sites (tertiary alicyclic amines) is 1. The van der Waals surface area contributed by atoms with E-state index in [0.29, 0.717) is 24.1 Å². The van der Waals surface area contributed by atoms with Gasteiger partial charge in [0, 0.05) is 18.6 Å². The normalized spacial score (nSPS) is 21.0. The van der Waals surface area contributed by atoms with E-state index in [9.17, 15) is 18.4 Å². The number of benzene rings is 2. The second kappa shape index (κ2) is 10.1. The van der Waals surface area contributed by atoms with Crippen molar-refractivity contribution in [2.24, 2.45) is 0 Å². The molecule has 0 spiro atoms. The first-order valence-electron chi connectivity index (χ1n) is 12.8. The van der Waals surface area contributed by atoms with Gasteiger partial charge in [0.25, 0.3) is 0 Å². The minimum Gasteiger partial charge on any atom is -0.335 e. The summed E-state index contributed by atoms with van der Waals surface area (Å²) in [4.78, 5) is 31.5. The van der Waals surface area contributed by atoms with Crippen molar-refractivity contribution in [2.75, 3.05) is 26.2 Å². The number of nitrogens with zero attached hydrogens (tertiary/aromatic N) is 2. The van der Waals surface area contributed by atoms with E-state index in [1.807, 2.05) is 0 Å². The van der Waals surface area contributed by atoms with E-state index in [4.69, 9.17) is 0 Å². The topological polar surface area (TPSA) is 52.7 Å². The third-order valence-corrected chi connectivity index (χ3v) is 8.12. The number of piperidine rings is 1. The van der Waals surface area contributed by atoms with Crippen LogP contribution in [0.2, 0.25) is 0 Å². The highest BCUT2D eigenvalue weighted by atomic mass is 19.1. The molecule has 2 heterocycles. The van der Waals surface area contributed by atoms with Gasteiger partial charge in [-0.25, -0.2) is 8.78 Å². The molecule has 0 aromatic heterocycles. The fourth-order valence-corrected chi connectivity index (χ4v) is 6.32. The molecule has 1 saturated carbocycles. The van der Waals surface area contributed by atoms with Crippen LogP contribution in [0.3, 0.4) is 0 Å². The quantitative estimate of drug-likeness (QED) is 0.679. The number of nitrogens with one attached hydrogen (secondary N) is 1. The van der Waals surface area contributed by atoms with Crippen LogP contribution in [0.1, 0.15) is 56.1 Å². The zero-order valence-corrected chi connectivity index (χ0v) is 20.0. The standard InChI is InChI=1S/C28H33F2N3O2/c29-22-9-5-20(6-10-22)28(21-7-11-23(30)12-8-21)15-18-32(27(28)35)19-26(34)33(24-3-1-2-4-24)25-13-16-31-17-14-25/h5-12,24-25,31H,1-4,13-19H2. The maximum absolute atomic E-state index is 14.0. The molecule has 2 aliphatic heterocycles. The summed E-state index contributed by atoms with van der Waals surface area (Å²) in [7, 11) is 0. The molecule has 2 saturated heterocycles. The molecular weight excluding hydrogens is 448 g/mol. The number of hydrogen-bond acceptors (Lipinski definition) is 3. The van der Waals surface area contributed by atoms with Crippen molar-refractivity contribution >= 4 is 11.8 Å². The van der Waals surface area contributed by atoms with Gasteiger partial charge in [-0.2, -0.15) is 0 Å². The van der Waals surface area contributed by atoms with Crippen molar-refractivity contribution in [2.45, 2.75) is 62.4 Å². The average Bonchev–Trinajstić information content (AvgIpc) is 3.51. The van der Waals surface area contributed by atoms with Crippen LogP contribution in [0.25, 0.3) is 0 Å². The van der Waals surface area contributed by atoms with E-state index in [-0.39, 0.29) is 42.1 Å². The summed E-state index contributed by atoms with van der Waals surface area (Å²) < 4.78 is 27.4. The Kier molecular flexibility index (Phi) is 6.87. The predicted molar refractivity (Wildman–Crippen MR) is 130 cm³/mol. The van der Waals surface area contributed by atoms with Crippen LogP contribution in [0.15, 0.2) is 48.5 Å². The third-order valence-electron chi connectivity index (χ3n) is 8.12. The van der Waals surface area contributed by atoms with Gasteiger partial charge in [-0.05, 0) is 80.6 Å². The van der Waals surface area contributed by atoms with Gasteiger partial charge >= 0.3 is 0 Å². The highest BCUT2D eigenvalue weighted by Gasteiger charge is 2.50. The molecule has 7 heteroatoms. The molecule has 0 bridgehead atoms. The number of halogens is 2. The summed E-state index contributed by atoms with van der Waals surface area (Å²) in [5, 5.41) is 3.38. The lowest BCUT2D eigenvalue weighted by Crippen LogP contribution is -2.53. The Morgan fingerprint density at radius 1 is 0.886 bits per heavy atom. The van der Waals surface area contributed by atoms with E-state index in [1.165, 1.54) is 24.3 Å². The molecule has 186 valence electrons. The Morgan fingerprint density at radius 2 is 1.40 bits per heavy atom. The summed E-state index contributed by atoms with van der Waals surface area (Å²) >= 11 is 0. The number of hydrogen-bond donors (Lipinski definition) is 1. The number of amides is 2. The summed E-state index contributed by atoms with van der Waals surface area (Å²) in [6, 6.07) is 12.4. The number of carbonyl (C=O) groups excluding carboxylic acids is 2. The fourth-order valence-electron chi connectivity index (χ4n) is 6.32. The first kappa shape index (κ1) is 23.9. The maximum Gasteiger partial charge on any atom is 0.242 e. The minimum atomic E-state index is -1.06. The highest BCUT2D eigenvalue weighted by Crippen LogP contribution is 2.42. The highest BCUT2D eigenvalue weighted by molar-refractivity contribution is 5.96. The van der Waals surface area contributed by atoms with E-state index < -0.39 is 5.41 Å². The van der Waals surface area contributed by atoms with Crippen LogP contribution in [0.5, 0.6) is 0 Å². The molecule has 0 radical (unpaired) electrons. The average molecular weight is 482 g/mol. The summed E-state index contributed by atoms with van der Waals surface area (Å²) in [6.07, 6.45) is 6.65. The molecule has 5 nitrogen and oxygen atoms in total. The van der Waals surface area contributed by atoms with Gasteiger partial charge in [-0.15, -0.1) is 0 Å². The molecule has 3 fully saturated rings. The molecule has 3 aliphatic rings. The first-order chi connectivity index (χ1) is 17.0. The summed E-state index contributed by atoms with van der Waals surface area (Å²) in [5.41, 5.74) is 0.266. The Labute approximate surface area is 205 Å². The van der Waals surface area contributed by atoms with E-state index >= 15 is 0 Å². The van der Waals surface area contributed by atoms with Crippen LogP contribution in [-0.4, -0.2) is 59.9 Å². The second-order valence-corrected chi connectivity index (χ2v) is 10.1. The van der Waals surface area contributed by atoms with Crippen molar-refractivity contribution in [1.82, 2.24) is 15.1 Å². The van der Waals surface area contributed by atoms with Gasteiger partial charge in [0.2, 0.25) is 11.8 Å². The number of rotatable bonds is 6. The largest absolute Gasteiger partial charge is 0.335 e. The lowest BCUT2D eigenvalue weighted by Gasteiger charge is -2.40. The lowest BCUT2D eigenvalue weighted by atomic mass is 9.73. The fraction of sp³-hybridized carbons (Fsp3) is 0.500. The lowest BCUT2D eigenvalue weighted by molar-refractivity contribution is -0.143. The zero-order valence-electron chi connectivity index (χ0n) is 20.0. The van der Waals surface area contributed by atoms with Crippen molar-refractivity contribution in [3.05, 3.63) is 71.3 Å². The molecule has 1 aliphatic carbocycles. The Bertz CT molecular complexity index is 999. The maximum atomic E-state index is 14.0. The molecule has 1 N–H and O–H groups in total. The van der Waals surface area contributed by atoms with Crippen LogP contribution in [-0.2, 0) is 15.0 Å². The molecule has 2 aromatic carbocycles. The van der Waals surface area contributed by atoms with Crippen molar-refractivity contribution in [1.29, 1.82) is 0 Å². The van der Waals surface area contributed by atoms with Crippen LogP contribution >= 0.6 is 0 Å². The van der Waals surface area contributed by atoms with Crippen molar-refractivity contribution in [3.8, 4) is 0 Å². The third kappa shape index (κ3) is 4.58. The van der Waals surface area contributed by atoms with Crippen molar-refractivity contribution < 1.29 is 18.4 Å². The van der Waals surface area contributed by atoms with Gasteiger partial charge < -0.3 is 15.1 Å². The predicted octanol–water partition coefficient (Wildman–Crippen LogP) is 4.01. The molecular formula is C28H33F2N3O2. The monoisotopic (exact) mass is 481 g/mol. The van der Waals surface area contributed by atoms with E-state index in [0.717, 1.165) is 51.6 Å². The molecule has 5 rings (SSSR count). The smallest absolute Gasteiger partial charge is 0.242 e. The van der Waals surface area contributed by atoms with Crippen LogP contribution < -0.4 is 5.32 Å². The van der Waals surface area contributed by atoms with Gasteiger partial charge in [0.05, 0.1) is 6.54 Å². The van der Waals surface area contributed by atoms with Gasteiger partial charge in [0.15, 0.2) is 0 Å². The molecule has 2 amide bonds. The molecule has 2 aromatic rings. The second-order valence-electron chi connectivity index (χ2n) is 10.1.